The van der Waals surface area contributed by atoms with E-state index in [1.165, 1.54) is 11.3 Å². The van der Waals surface area contributed by atoms with Crippen LogP contribution in [0.3, 0.4) is 0 Å². The standard InChI is InChI=1S/C18H18N2O3S2/c21-18(15-12-13-4-1-2-5-14(13)19-15)20-8-7-17(16-6-3-10-24-16)25(22,23)11-9-20/h1-6,10,12,17,19H,7-9,11H2. The molecule has 3 aromatic rings. The topological polar surface area (TPSA) is 70.2 Å². The Kier molecular flexibility index (Phi) is 4.13. The van der Waals surface area contributed by atoms with Crippen molar-refractivity contribution >= 4 is 38.0 Å². The number of fused-ring (bicyclic) bond motifs is 1. The fourth-order valence-electron chi connectivity index (χ4n) is 3.30. The molecule has 1 aromatic carbocycles. The molecule has 0 bridgehead atoms. The number of sulfone groups is 1. The van der Waals surface area contributed by atoms with Crippen LogP contribution in [0, 0.1) is 0 Å². The van der Waals surface area contributed by atoms with Crippen LogP contribution in [0.25, 0.3) is 10.9 Å². The molecule has 1 saturated heterocycles. The summed E-state index contributed by atoms with van der Waals surface area (Å²) in [6, 6.07) is 13.3. The van der Waals surface area contributed by atoms with E-state index in [9.17, 15) is 13.2 Å². The highest BCUT2D eigenvalue weighted by Crippen LogP contribution is 2.32. The summed E-state index contributed by atoms with van der Waals surface area (Å²) in [6.07, 6.45) is 0.439. The van der Waals surface area contributed by atoms with Crippen LogP contribution in [-0.2, 0) is 9.84 Å². The van der Waals surface area contributed by atoms with Crippen molar-refractivity contribution in [1.29, 1.82) is 0 Å². The van der Waals surface area contributed by atoms with Gasteiger partial charge in [-0.2, -0.15) is 0 Å². The van der Waals surface area contributed by atoms with Gasteiger partial charge in [0.05, 0.1) is 11.0 Å². The van der Waals surface area contributed by atoms with Crippen LogP contribution >= 0.6 is 11.3 Å². The third-order valence-corrected chi connectivity index (χ3v) is 7.89. The Hall–Kier alpha value is -2.12. The summed E-state index contributed by atoms with van der Waals surface area (Å²) in [5, 5.41) is 2.36. The van der Waals surface area contributed by atoms with Crippen LogP contribution < -0.4 is 0 Å². The number of aromatic nitrogens is 1. The van der Waals surface area contributed by atoms with E-state index in [1.54, 1.807) is 4.90 Å². The first kappa shape index (κ1) is 16.4. The summed E-state index contributed by atoms with van der Waals surface area (Å²) >= 11 is 1.46. The summed E-state index contributed by atoms with van der Waals surface area (Å²) < 4.78 is 25.2. The predicted octanol–water partition coefficient (Wildman–Crippen LogP) is 3.23. The van der Waals surface area contributed by atoms with Gasteiger partial charge < -0.3 is 9.88 Å². The predicted molar refractivity (Wildman–Crippen MR) is 99.7 cm³/mol. The molecule has 25 heavy (non-hydrogen) atoms. The van der Waals surface area contributed by atoms with Crippen molar-refractivity contribution < 1.29 is 13.2 Å². The van der Waals surface area contributed by atoms with Crippen LogP contribution in [0.4, 0.5) is 0 Å². The van der Waals surface area contributed by atoms with Crippen molar-refractivity contribution in [3.8, 4) is 0 Å². The quantitative estimate of drug-likeness (QED) is 0.749. The minimum absolute atomic E-state index is 0.00152. The zero-order chi connectivity index (χ0) is 17.4. The molecule has 0 aliphatic carbocycles. The van der Waals surface area contributed by atoms with Crippen molar-refractivity contribution in [2.24, 2.45) is 0 Å². The lowest BCUT2D eigenvalue weighted by molar-refractivity contribution is 0.0762. The Morgan fingerprint density at radius 2 is 2.00 bits per heavy atom. The van der Waals surface area contributed by atoms with Gasteiger partial charge in [-0.1, -0.05) is 24.3 Å². The van der Waals surface area contributed by atoms with Crippen LogP contribution in [0.15, 0.2) is 47.8 Å². The number of carbonyl (C=O) groups excluding carboxylic acids is 1. The van der Waals surface area contributed by atoms with E-state index in [0.717, 1.165) is 15.8 Å². The van der Waals surface area contributed by atoms with Gasteiger partial charge in [0, 0.05) is 28.9 Å². The number of nitrogens with one attached hydrogen (secondary N) is 1. The monoisotopic (exact) mass is 374 g/mol. The lowest BCUT2D eigenvalue weighted by Gasteiger charge is -2.19. The molecule has 1 aliphatic heterocycles. The number of hydrogen-bond acceptors (Lipinski definition) is 4. The second-order valence-corrected chi connectivity index (χ2v) is 9.50. The average molecular weight is 374 g/mol. The fourth-order valence-corrected chi connectivity index (χ4v) is 6.30. The largest absolute Gasteiger partial charge is 0.351 e. The minimum atomic E-state index is -3.25. The molecule has 3 heterocycles. The number of rotatable bonds is 2. The van der Waals surface area contributed by atoms with Crippen molar-refractivity contribution in [3.63, 3.8) is 0 Å². The smallest absolute Gasteiger partial charge is 0.270 e. The number of H-pyrrole nitrogens is 1. The number of amides is 1. The van der Waals surface area contributed by atoms with Crippen LogP contribution in [0.2, 0.25) is 0 Å². The highest BCUT2D eigenvalue weighted by atomic mass is 32.2. The minimum Gasteiger partial charge on any atom is -0.351 e. The van der Waals surface area contributed by atoms with Gasteiger partial charge >= 0.3 is 0 Å². The van der Waals surface area contributed by atoms with Crippen LogP contribution in [-0.4, -0.2) is 43.1 Å². The van der Waals surface area contributed by atoms with Gasteiger partial charge in [0.15, 0.2) is 9.84 Å². The van der Waals surface area contributed by atoms with Crippen molar-refractivity contribution in [2.45, 2.75) is 11.7 Å². The van der Waals surface area contributed by atoms with Gasteiger partial charge in [0.1, 0.15) is 5.69 Å². The first-order chi connectivity index (χ1) is 12.0. The Balaban J connectivity index is 1.58. The van der Waals surface area contributed by atoms with Gasteiger partial charge in [-0.05, 0) is 30.0 Å². The Labute approximate surface area is 150 Å². The zero-order valence-electron chi connectivity index (χ0n) is 13.5. The molecule has 1 unspecified atom stereocenters. The highest BCUT2D eigenvalue weighted by Gasteiger charge is 2.33. The molecular formula is C18H18N2O3S2. The van der Waals surface area contributed by atoms with Crippen molar-refractivity contribution in [3.05, 3.63) is 58.4 Å². The van der Waals surface area contributed by atoms with E-state index in [4.69, 9.17) is 0 Å². The fraction of sp³-hybridized carbons (Fsp3) is 0.278. The first-order valence-corrected chi connectivity index (χ1v) is 10.8. The maximum absolute atomic E-state index is 12.8. The number of thiophene rings is 1. The van der Waals surface area contributed by atoms with Gasteiger partial charge in [0.2, 0.25) is 0 Å². The van der Waals surface area contributed by atoms with Gasteiger partial charge in [0.25, 0.3) is 5.91 Å². The molecule has 0 saturated carbocycles. The number of nitrogens with zero attached hydrogens (tertiary/aromatic N) is 1. The zero-order valence-corrected chi connectivity index (χ0v) is 15.1. The second kappa shape index (κ2) is 6.31. The van der Waals surface area contributed by atoms with E-state index < -0.39 is 15.1 Å². The molecule has 7 heteroatoms. The van der Waals surface area contributed by atoms with Crippen LogP contribution in [0.5, 0.6) is 0 Å². The maximum Gasteiger partial charge on any atom is 0.270 e. The number of aromatic amines is 1. The van der Waals surface area contributed by atoms with E-state index in [1.807, 2.05) is 47.8 Å². The second-order valence-electron chi connectivity index (χ2n) is 6.22. The molecule has 1 fully saturated rings. The molecule has 1 atom stereocenters. The van der Waals surface area contributed by atoms with Crippen LogP contribution in [0.1, 0.15) is 27.0 Å². The van der Waals surface area contributed by atoms with Gasteiger partial charge in [-0.25, -0.2) is 8.42 Å². The summed E-state index contributed by atoms with van der Waals surface area (Å²) in [5.74, 6) is -0.139. The molecule has 4 rings (SSSR count). The van der Waals surface area contributed by atoms with E-state index in [0.29, 0.717) is 18.7 Å². The van der Waals surface area contributed by atoms with Gasteiger partial charge in [-0.3, -0.25) is 4.79 Å². The normalized spacial score (nSPS) is 20.5. The van der Waals surface area contributed by atoms with E-state index >= 15 is 0 Å². The number of carbonyl (C=O) groups is 1. The Morgan fingerprint density at radius 3 is 2.76 bits per heavy atom. The molecule has 2 aromatic heterocycles. The summed E-state index contributed by atoms with van der Waals surface area (Å²) in [7, 11) is -3.25. The van der Waals surface area contributed by atoms with Gasteiger partial charge in [-0.15, -0.1) is 11.3 Å². The lowest BCUT2D eigenvalue weighted by Crippen LogP contribution is -2.33. The Morgan fingerprint density at radius 1 is 1.16 bits per heavy atom. The third kappa shape index (κ3) is 3.09. The van der Waals surface area contributed by atoms with Crippen molar-refractivity contribution in [2.75, 3.05) is 18.8 Å². The average Bonchev–Trinajstić information content (AvgIpc) is 3.23. The van der Waals surface area contributed by atoms with Crippen molar-refractivity contribution in [1.82, 2.24) is 9.88 Å². The molecule has 130 valence electrons. The third-order valence-electron chi connectivity index (χ3n) is 4.65. The number of hydrogen-bond donors (Lipinski definition) is 1. The molecular weight excluding hydrogens is 356 g/mol. The Bertz CT molecular complexity index is 973. The number of para-hydroxylation sites is 1. The SMILES string of the molecule is O=C(c1cc2ccccc2[nH]1)N1CCC(c2cccs2)S(=O)(=O)CC1. The summed E-state index contributed by atoms with van der Waals surface area (Å²) in [4.78, 5) is 18.5. The molecule has 0 radical (unpaired) electrons. The molecule has 5 nitrogen and oxygen atoms in total. The molecule has 1 aliphatic rings. The first-order valence-electron chi connectivity index (χ1n) is 8.16. The highest BCUT2D eigenvalue weighted by molar-refractivity contribution is 7.91. The van der Waals surface area contributed by atoms with E-state index in [2.05, 4.69) is 4.98 Å². The molecule has 0 spiro atoms. The summed E-state index contributed by atoms with van der Waals surface area (Å²) in [5.41, 5.74) is 1.41. The lowest BCUT2D eigenvalue weighted by atomic mass is 10.2. The van der Waals surface area contributed by atoms with E-state index in [-0.39, 0.29) is 18.2 Å². The summed E-state index contributed by atoms with van der Waals surface area (Å²) in [6.45, 7) is 0.675. The number of benzene rings is 1. The molecule has 1 N–H and O–H groups in total. The maximum atomic E-state index is 12.8. The molecule has 1 amide bonds.